The van der Waals surface area contributed by atoms with Gasteiger partial charge in [0.2, 0.25) is 0 Å². The summed E-state index contributed by atoms with van der Waals surface area (Å²) in [5.41, 5.74) is 6.38. The lowest BCUT2D eigenvalue weighted by atomic mass is 9.79. The van der Waals surface area contributed by atoms with E-state index in [2.05, 4.69) is 86.9 Å². The topological polar surface area (TPSA) is 84.5 Å². The van der Waals surface area contributed by atoms with Crippen molar-refractivity contribution in [2.45, 2.75) is 58.9 Å². The summed E-state index contributed by atoms with van der Waals surface area (Å²) < 4.78 is 0. The molecule has 7 heteroatoms. The van der Waals surface area contributed by atoms with Crippen LogP contribution in [0.2, 0.25) is 0 Å². The highest BCUT2D eigenvalue weighted by atomic mass is 16.3. The summed E-state index contributed by atoms with van der Waals surface area (Å²) in [7, 11) is 2.16. The number of hydrogen-bond acceptors (Lipinski definition) is 5. The monoisotopic (exact) mass is 553 g/mol. The number of H-pyrrole nitrogens is 1. The highest BCUT2D eigenvalue weighted by molar-refractivity contribution is 6.06. The quantitative estimate of drug-likeness (QED) is 0.262. The van der Waals surface area contributed by atoms with Crippen molar-refractivity contribution < 1.29 is 9.90 Å². The summed E-state index contributed by atoms with van der Waals surface area (Å²) in [6.07, 6.45) is 0. The van der Waals surface area contributed by atoms with Gasteiger partial charge in [-0.05, 0) is 65.4 Å². The van der Waals surface area contributed by atoms with Gasteiger partial charge in [0.15, 0.2) is 0 Å². The summed E-state index contributed by atoms with van der Waals surface area (Å²) in [4.78, 5) is 26.1. The van der Waals surface area contributed by atoms with Crippen LogP contribution in [-0.2, 0) is 17.4 Å². The number of phenols is 1. The van der Waals surface area contributed by atoms with Crippen LogP contribution in [0.5, 0.6) is 5.75 Å². The molecule has 0 radical (unpaired) electrons. The third-order valence-corrected chi connectivity index (χ3v) is 8.00. The molecule has 3 aromatic carbocycles. The molecule has 1 saturated heterocycles. The summed E-state index contributed by atoms with van der Waals surface area (Å²) >= 11 is 0. The largest absolute Gasteiger partial charge is 0.507 e. The van der Waals surface area contributed by atoms with Crippen LogP contribution >= 0.6 is 0 Å². The van der Waals surface area contributed by atoms with Gasteiger partial charge in [-0.15, -0.1) is 0 Å². The lowest BCUT2D eigenvalue weighted by Crippen LogP contribution is -2.43. The minimum atomic E-state index is -0.236. The first-order valence-corrected chi connectivity index (χ1v) is 14.5. The lowest BCUT2D eigenvalue weighted by Gasteiger charge is -2.32. The van der Waals surface area contributed by atoms with Crippen LogP contribution in [0.1, 0.15) is 68.6 Å². The number of fused-ring (bicyclic) bond motifs is 1. The maximum atomic E-state index is 13.1. The fourth-order valence-electron chi connectivity index (χ4n) is 5.26. The van der Waals surface area contributed by atoms with E-state index in [0.29, 0.717) is 17.0 Å². The second-order valence-corrected chi connectivity index (χ2v) is 13.5. The fraction of sp³-hybridized carbons (Fsp3) is 0.412. The Kier molecular flexibility index (Phi) is 7.70. The number of imidazole rings is 1. The van der Waals surface area contributed by atoms with E-state index in [1.807, 2.05) is 30.3 Å². The number of rotatable bonds is 5. The number of phenolic OH excluding ortho intramolecular Hbond substituents is 1. The number of anilines is 1. The number of amides is 1. The van der Waals surface area contributed by atoms with Crippen molar-refractivity contribution in [3.8, 4) is 17.1 Å². The normalized spacial score (nSPS) is 15.4. The molecule has 0 aliphatic carbocycles. The van der Waals surface area contributed by atoms with E-state index in [1.54, 1.807) is 6.07 Å². The number of carbonyl (C=O) groups excluding carboxylic acids is 1. The van der Waals surface area contributed by atoms with E-state index in [4.69, 9.17) is 4.98 Å². The van der Waals surface area contributed by atoms with Crippen LogP contribution in [-0.4, -0.2) is 64.0 Å². The first-order chi connectivity index (χ1) is 19.3. The number of hydrogen-bond donors (Lipinski definition) is 3. The predicted molar refractivity (Wildman–Crippen MR) is 168 cm³/mol. The molecule has 0 bridgehead atoms. The molecule has 216 valence electrons. The number of likely N-dealkylation sites (N-methyl/N-ethyl adjacent to an activating group) is 1. The maximum absolute atomic E-state index is 13.1. The van der Waals surface area contributed by atoms with E-state index in [0.717, 1.165) is 60.6 Å². The Balaban J connectivity index is 1.35. The number of aromatic amines is 1. The second kappa shape index (κ2) is 11.0. The standard InChI is InChI=1S/C34H43N5O2/c1-33(2,3)24-19-26(30(40)27(20-24)34(4,5)6)31-36-28-13-10-23(18-29(28)37-31)32(41)35-25-11-8-22(9-12-25)21-39-16-14-38(7)15-17-39/h8-13,18-20,40H,14-17,21H2,1-7H3,(H,35,41)(H,36,37). The molecule has 2 heterocycles. The van der Waals surface area contributed by atoms with Gasteiger partial charge in [0.05, 0.1) is 16.6 Å². The molecule has 1 aliphatic rings. The minimum Gasteiger partial charge on any atom is -0.507 e. The third-order valence-electron chi connectivity index (χ3n) is 8.00. The Morgan fingerprint density at radius 3 is 2.24 bits per heavy atom. The van der Waals surface area contributed by atoms with Gasteiger partial charge in [0.25, 0.3) is 5.91 Å². The smallest absolute Gasteiger partial charge is 0.255 e. The van der Waals surface area contributed by atoms with Gasteiger partial charge in [-0.25, -0.2) is 4.98 Å². The predicted octanol–water partition coefficient (Wildman–Crippen LogP) is 6.53. The van der Waals surface area contributed by atoms with Crippen molar-refractivity contribution in [2.24, 2.45) is 0 Å². The lowest BCUT2D eigenvalue weighted by molar-refractivity contribution is 0.102. The van der Waals surface area contributed by atoms with Crippen molar-refractivity contribution in [1.29, 1.82) is 0 Å². The number of aromatic nitrogens is 2. The van der Waals surface area contributed by atoms with E-state index in [-0.39, 0.29) is 22.5 Å². The number of nitrogens with zero attached hydrogens (tertiary/aromatic N) is 3. The van der Waals surface area contributed by atoms with Crippen molar-refractivity contribution in [2.75, 3.05) is 38.5 Å². The molecule has 0 saturated carbocycles. The highest BCUT2D eigenvalue weighted by Crippen LogP contribution is 2.41. The van der Waals surface area contributed by atoms with E-state index in [1.165, 1.54) is 5.56 Å². The second-order valence-electron chi connectivity index (χ2n) is 13.5. The minimum absolute atomic E-state index is 0.0947. The fourth-order valence-corrected chi connectivity index (χ4v) is 5.26. The number of piperazine rings is 1. The zero-order chi connectivity index (χ0) is 29.5. The number of nitrogens with one attached hydrogen (secondary N) is 2. The molecule has 0 unspecified atom stereocenters. The van der Waals surface area contributed by atoms with Crippen LogP contribution < -0.4 is 5.32 Å². The molecular formula is C34H43N5O2. The van der Waals surface area contributed by atoms with E-state index >= 15 is 0 Å². The van der Waals surface area contributed by atoms with Gasteiger partial charge < -0.3 is 20.3 Å². The number of aromatic hydroxyl groups is 1. The van der Waals surface area contributed by atoms with Crippen molar-refractivity contribution in [3.05, 3.63) is 76.9 Å². The average Bonchev–Trinajstić information content (AvgIpc) is 3.33. The van der Waals surface area contributed by atoms with Crippen molar-refractivity contribution in [3.63, 3.8) is 0 Å². The van der Waals surface area contributed by atoms with Crippen molar-refractivity contribution >= 4 is 22.6 Å². The Labute approximate surface area is 243 Å². The molecule has 1 amide bonds. The van der Waals surface area contributed by atoms with Crippen LogP contribution in [0.4, 0.5) is 5.69 Å². The summed E-state index contributed by atoms with van der Waals surface area (Å²) in [6, 6.07) is 17.7. The van der Waals surface area contributed by atoms with Gasteiger partial charge in [-0.2, -0.15) is 0 Å². The highest BCUT2D eigenvalue weighted by Gasteiger charge is 2.26. The first kappa shape index (κ1) is 28.8. The van der Waals surface area contributed by atoms with Crippen LogP contribution in [0.15, 0.2) is 54.6 Å². The molecule has 1 fully saturated rings. The first-order valence-electron chi connectivity index (χ1n) is 14.5. The molecule has 0 atom stereocenters. The Morgan fingerprint density at radius 2 is 1.61 bits per heavy atom. The molecule has 7 nitrogen and oxygen atoms in total. The van der Waals surface area contributed by atoms with Crippen LogP contribution in [0, 0.1) is 0 Å². The van der Waals surface area contributed by atoms with Gasteiger partial charge in [-0.1, -0.05) is 59.7 Å². The Hall–Kier alpha value is -3.68. The summed E-state index contributed by atoms with van der Waals surface area (Å²) in [6.45, 7) is 18.1. The molecule has 1 aromatic heterocycles. The van der Waals surface area contributed by atoms with E-state index in [9.17, 15) is 9.90 Å². The molecule has 1 aliphatic heterocycles. The molecule has 5 rings (SSSR count). The van der Waals surface area contributed by atoms with Gasteiger partial charge in [-0.3, -0.25) is 9.69 Å². The summed E-state index contributed by atoms with van der Waals surface area (Å²) in [5, 5.41) is 14.3. The molecule has 41 heavy (non-hydrogen) atoms. The molecule has 3 N–H and O–H groups in total. The van der Waals surface area contributed by atoms with Crippen molar-refractivity contribution in [1.82, 2.24) is 19.8 Å². The zero-order valence-electron chi connectivity index (χ0n) is 25.4. The Bertz CT molecular complexity index is 1550. The maximum Gasteiger partial charge on any atom is 0.255 e. The van der Waals surface area contributed by atoms with Crippen LogP contribution in [0.3, 0.4) is 0 Å². The molecular weight excluding hydrogens is 510 g/mol. The number of carbonyl (C=O) groups is 1. The van der Waals surface area contributed by atoms with Gasteiger partial charge in [0.1, 0.15) is 11.6 Å². The molecule has 0 spiro atoms. The average molecular weight is 554 g/mol. The SMILES string of the molecule is CN1CCN(Cc2ccc(NC(=O)c3ccc4nc(-c5cc(C(C)(C)C)cc(C(C)(C)C)c5O)[nH]c4c3)cc2)CC1. The summed E-state index contributed by atoms with van der Waals surface area (Å²) in [5.74, 6) is 0.642. The molecule has 4 aromatic rings. The third kappa shape index (κ3) is 6.47. The van der Waals surface area contributed by atoms with E-state index < -0.39 is 0 Å². The Morgan fingerprint density at radius 1 is 0.927 bits per heavy atom. The number of benzene rings is 3. The van der Waals surface area contributed by atoms with Crippen LogP contribution in [0.25, 0.3) is 22.4 Å². The van der Waals surface area contributed by atoms with Gasteiger partial charge in [0, 0.05) is 49.5 Å². The van der Waals surface area contributed by atoms with Gasteiger partial charge >= 0.3 is 0 Å². The zero-order valence-corrected chi connectivity index (χ0v) is 25.4.